The summed E-state index contributed by atoms with van der Waals surface area (Å²) >= 11 is 0. The molecule has 2 unspecified atom stereocenters. The van der Waals surface area contributed by atoms with E-state index < -0.39 is 0 Å². The summed E-state index contributed by atoms with van der Waals surface area (Å²) < 4.78 is 14.0. The molecule has 2 atom stereocenters. The second-order valence-electron chi connectivity index (χ2n) is 9.59. The van der Waals surface area contributed by atoms with Crippen molar-refractivity contribution in [2.24, 2.45) is 22.1 Å². The van der Waals surface area contributed by atoms with E-state index in [1.807, 2.05) is 13.8 Å². The zero-order valence-corrected chi connectivity index (χ0v) is 19.7. The van der Waals surface area contributed by atoms with Crippen molar-refractivity contribution >= 4 is 5.71 Å². The molecular weight excluding hydrogens is 373 g/mol. The van der Waals surface area contributed by atoms with Gasteiger partial charge in [-0.15, -0.1) is 0 Å². The van der Waals surface area contributed by atoms with E-state index in [1.165, 1.54) is 0 Å². The van der Waals surface area contributed by atoms with Gasteiger partial charge >= 0.3 is 0 Å². The molecule has 2 rings (SSSR count). The average molecular weight is 414 g/mol. The fourth-order valence-corrected chi connectivity index (χ4v) is 5.20. The van der Waals surface area contributed by atoms with Gasteiger partial charge in [0.05, 0.1) is 0 Å². The maximum absolute atomic E-state index is 14.0. The van der Waals surface area contributed by atoms with Gasteiger partial charge in [0.1, 0.15) is 5.83 Å². The normalized spacial score (nSPS) is 29.2. The van der Waals surface area contributed by atoms with Crippen LogP contribution in [0.2, 0.25) is 0 Å². The van der Waals surface area contributed by atoms with Gasteiger partial charge in [0.2, 0.25) is 0 Å². The van der Waals surface area contributed by atoms with Gasteiger partial charge in [-0.1, -0.05) is 31.1 Å². The Balaban J connectivity index is 2.67. The van der Waals surface area contributed by atoms with Crippen LogP contribution < -0.4 is 11.1 Å². The van der Waals surface area contributed by atoms with Crippen LogP contribution in [0.25, 0.3) is 0 Å². The number of allylic oxidation sites excluding steroid dienone is 7. The summed E-state index contributed by atoms with van der Waals surface area (Å²) in [7, 11) is 0. The first-order valence-electron chi connectivity index (χ1n) is 11.2. The number of nitrogens with zero attached hydrogens (tertiary/aromatic N) is 1. The Morgan fingerprint density at radius 2 is 1.90 bits per heavy atom. The Labute approximate surface area is 182 Å². The number of nitrogens with one attached hydrogen (secondary N) is 1. The lowest BCUT2D eigenvalue weighted by Gasteiger charge is -2.38. The maximum atomic E-state index is 14.0. The molecule has 1 fully saturated rings. The molecule has 0 radical (unpaired) electrons. The summed E-state index contributed by atoms with van der Waals surface area (Å²) in [5.74, 6) is -0.115. The molecule has 1 aliphatic heterocycles. The predicted molar refractivity (Wildman–Crippen MR) is 128 cm³/mol. The summed E-state index contributed by atoms with van der Waals surface area (Å²) in [6.45, 7) is 17.0. The van der Waals surface area contributed by atoms with Crippen LogP contribution in [-0.2, 0) is 0 Å². The summed E-state index contributed by atoms with van der Waals surface area (Å²) in [5, 5.41) is 3.61. The molecule has 0 saturated heterocycles. The first kappa shape index (κ1) is 24.2. The molecule has 1 aliphatic carbocycles. The van der Waals surface area contributed by atoms with Crippen LogP contribution in [0.1, 0.15) is 80.1 Å². The number of hydrogen-bond acceptors (Lipinski definition) is 3. The zero-order chi connectivity index (χ0) is 22.5. The van der Waals surface area contributed by atoms with Crippen LogP contribution in [0.4, 0.5) is 4.39 Å². The first-order chi connectivity index (χ1) is 14.1. The third-order valence-electron chi connectivity index (χ3n) is 6.89. The number of rotatable bonds is 3. The second-order valence-corrected chi connectivity index (χ2v) is 9.59. The van der Waals surface area contributed by atoms with Gasteiger partial charge in [0.15, 0.2) is 0 Å². The van der Waals surface area contributed by atoms with E-state index in [0.29, 0.717) is 0 Å². The van der Waals surface area contributed by atoms with Crippen molar-refractivity contribution in [1.82, 2.24) is 5.32 Å². The molecule has 166 valence electrons. The Morgan fingerprint density at radius 3 is 2.53 bits per heavy atom. The third-order valence-corrected chi connectivity index (χ3v) is 6.89. The van der Waals surface area contributed by atoms with E-state index in [4.69, 9.17) is 10.7 Å². The molecule has 2 aliphatic rings. The minimum Gasteiger partial charge on any atom is -0.402 e. The van der Waals surface area contributed by atoms with Gasteiger partial charge in [-0.05, 0) is 90.9 Å². The molecule has 4 heteroatoms. The average Bonchev–Trinajstić information content (AvgIpc) is 3.10. The lowest BCUT2D eigenvalue weighted by molar-refractivity contribution is 0.284. The lowest BCUT2D eigenvalue weighted by atomic mass is 9.67. The molecule has 1 saturated carbocycles. The molecule has 0 aromatic heterocycles. The molecule has 1 spiro atoms. The van der Waals surface area contributed by atoms with Crippen molar-refractivity contribution in [3.63, 3.8) is 0 Å². The van der Waals surface area contributed by atoms with E-state index in [1.54, 1.807) is 6.08 Å². The number of nitrogens with two attached hydrogens (primary N) is 1. The van der Waals surface area contributed by atoms with Crippen LogP contribution in [-0.4, -0.2) is 11.3 Å². The van der Waals surface area contributed by atoms with E-state index in [2.05, 4.69) is 51.7 Å². The van der Waals surface area contributed by atoms with Crippen LogP contribution in [0, 0.1) is 11.3 Å². The molecule has 1 heterocycles. The van der Waals surface area contributed by atoms with Gasteiger partial charge in [0, 0.05) is 34.3 Å². The lowest BCUT2D eigenvalue weighted by Crippen LogP contribution is -2.39. The highest BCUT2D eigenvalue weighted by atomic mass is 19.1. The Hall–Kier alpha value is -2.10. The topological polar surface area (TPSA) is 50.4 Å². The molecule has 0 bridgehead atoms. The van der Waals surface area contributed by atoms with Crippen LogP contribution >= 0.6 is 0 Å². The van der Waals surface area contributed by atoms with Gasteiger partial charge in [0.25, 0.3) is 0 Å². The standard InChI is InChI=1S/C26H40FN3/c1-8-11-24-26(14-9-12-23(26)18(2)16-22(27)17-28)15-10-13-25(6,7)30-21(5)19(3)20(4)29-24/h8,11,16-17,23,30H,5,9-10,12-15,28H2,1-4,6-7H3/b11-8-,18-16+,20-19?,22-17+,29-24?. The first-order valence-corrected chi connectivity index (χ1v) is 11.2. The SMILES string of the molecule is C=C1NC(C)(C)CCCC2(CCCC2/C(C)=C/C(F)=C\N)C(/C=C\C)=NC(C)=C1C. The second kappa shape index (κ2) is 9.80. The highest BCUT2D eigenvalue weighted by molar-refractivity contribution is 6.01. The minimum absolute atomic E-state index is 0.0434. The summed E-state index contributed by atoms with van der Waals surface area (Å²) in [4.78, 5) is 5.16. The van der Waals surface area contributed by atoms with Crippen molar-refractivity contribution in [2.75, 3.05) is 0 Å². The minimum atomic E-state index is -0.371. The van der Waals surface area contributed by atoms with E-state index >= 15 is 0 Å². The fourth-order valence-electron chi connectivity index (χ4n) is 5.20. The van der Waals surface area contributed by atoms with Gasteiger partial charge in [-0.2, -0.15) is 0 Å². The summed E-state index contributed by atoms with van der Waals surface area (Å²) in [6.07, 6.45) is 13.3. The van der Waals surface area contributed by atoms with Crippen LogP contribution in [0.5, 0.6) is 0 Å². The smallest absolute Gasteiger partial charge is 0.138 e. The monoisotopic (exact) mass is 413 g/mol. The third kappa shape index (κ3) is 5.33. The summed E-state index contributed by atoms with van der Waals surface area (Å²) in [6, 6.07) is 0. The Morgan fingerprint density at radius 1 is 1.23 bits per heavy atom. The molecule has 0 aromatic rings. The van der Waals surface area contributed by atoms with Crippen molar-refractivity contribution < 1.29 is 4.39 Å². The fraction of sp³-hybridized carbons (Fsp3) is 0.577. The molecule has 0 aromatic carbocycles. The van der Waals surface area contributed by atoms with Crippen molar-refractivity contribution in [1.29, 1.82) is 0 Å². The maximum Gasteiger partial charge on any atom is 0.138 e. The largest absolute Gasteiger partial charge is 0.402 e. The molecule has 3 nitrogen and oxygen atoms in total. The highest BCUT2D eigenvalue weighted by Crippen LogP contribution is 2.52. The van der Waals surface area contributed by atoms with Crippen molar-refractivity contribution in [3.05, 3.63) is 59.4 Å². The zero-order valence-electron chi connectivity index (χ0n) is 19.7. The molecule has 3 N–H and O–H groups in total. The molecule has 30 heavy (non-hydrogen) atoms. The van der Waals surface area contributed by atoms with Gasteiger partial charge in [-0.25, -0.2) is 4.39 Å². The van der Waals surface area contributed by atoms with Crippen LogP contribution in [0.15, 0.2) is 64.4 Å². The van der Waals surface area contributed by atoms with Gasteiger partial charge < -0.3 is 11.1 Å². The van der Waals surface area contributed by atoms with E-state index in [9.17, 15) is 4.39 Å². The number of aliphatic imine (C=N–C) groups is 1. The number of halogens is 1. The Bertz CT molecular complexity index is 810. The van der Waals surface area contributed by atoms with Crippen LogP contribution in [0.3, 0.4) is 0 Å². The van der Waals surface area contributed by atoms with E-state index in [-0.39, 0.29) is 22.7 Å². The summed E-state index contributed by atoms with van der Waals surface area (Å²) in [5.41, 5.74) is 10.4. The Kier molecular flexibility index (Phi) is 7.90. The van der Waals surface area contributed by atoms with E-state index in [0.717, 1.165) is 73.0 Å². The van der Waals surface area contributed by atoms with Crippen molar-refractivity contribution in [2.45, 2.75) is 85.6 Å². The van der Waals surface area contributed by atoms with Gasteiger partial charge in [-0.3, -0.25) is 4.99 Å². The highest BCUT2D eigenvalue weighted by Gasteiger charge is 2.46. The molecule has 0 amide bonds. The molecular formula is C26H40FN3. The predicted octanol–water partition coefficient (Wildman–Crippen LogP) is 6.87. The number of hydrogen-bond donors (Lipinski definition) is 2. The quantitative estimate of drug-likeness (QED) is 0.496. The van der Waals surface area contributed by atoms with Crippen molar-refractivity contribution in [3.8, 4) is 0 Å².